The summed E-state index contributed by atoms with van der Waals surface area (Å²) in [6.07, 6.45) is 0. The lowest BCUT2D eigenvalue weighted by Crippen LogP contribution is -2.37. The first-order valence-corrected chi connectivity index (χ1v) is 12.7. The number of likely N-dealkylation sites (tertiary alicyclic amines) is 1. The Balaban J connectivity index is 1.60. The van der Waals surface area contributed by atoms with Crippen LogP contribution in [0.2, 0.25) is 0 Å². The maximum absolute atomic E-state index is 13.1. The summed E-state index contributed by atoms with van der Waals surface area (Å²) in [4.78, 5) is 30.8. The lowest BCUT2D eigenvalue weighted by Gasteiger charge is -2.27. The van der Waals surface area contributed by atoms with Gasteiger partial charge in [0.2, 0.25) is 0 Å². The number of aliphatic hydroxyl groups excluding tert-OH is 1. The SMILES string of the molecule is CCN(CC)CCN1C(=O)C(=O)/C(=C(/O)c2ccc(OCc3ccccc3)cc2)[C@H]1c1cccs1. The van der Waals surface area contributed by atoms with E-state index in [9.17, 15) is 14.7 Å². The normalized spacial score (nSPS) is 17.3. The van der Waals surface area contributed by atoms with Crippen molar-refractivity contribution < 1.29 is 19.4 Å². The Hall–Kier alpha value is -3.42. The molecule has 1 N–H and O–H groups in total. The van der Waals surface area contributed by atoms with Gasteiger partial charge >= 0.3 is 0 Å². The molecule has 0 spiro atoms. The van der Waals surface area contributed by atoms with E-state index in [0.29, 0.717) is 31.0 Å². The van der Waals surface area contributed by atoms with Crippen LogP contribution in [-0.2, 0) is 16.2 Å². The molecule has 0 aliphatic carbocycles. The van der Waals surface area contributed by atoms with Crippen molar-refractivity contribution in [3.63, 3.8) is 0 Å². The number of ketones is 1. The average Bonchev–Trinajstić information content (AvgIpc) is 3.51. The van der Waals surface area contributed by atoms with Crippen molar-refractivity contribution in [2.24, 2.45) is 0 Å². The first kappa shape index (κ1) is 24.7. The Morgan fingerprint density at radius 1 is 1.00 bits per heavy atom. The quantitative estimate of drug-likeness (QED) is 0.244. The summed E-state index contributed by atoms with van der Waals surface area (Å²) in [5.74, 6) is -0.730. The van der Waals surface area contributed by atoms with Crippen LogP contribution in [0, 0.1) is 0 Å². The number of hydrogen-bond acceptors (Lipinski definition) is 6. The van der Waals surface area contributed by atoms with Crippen LogP contribution in [0.5, 0.6) is 5.75 Å². The van der Waals surface area contributed by atoms with Gasteiger partial charge in [-0.2, -0.15) is 0 Å². The lowest BCUT2D eigenvalue weighted by atomic mass is 10.00. The second kappa shape index (κ2) is 11.3. The third kappa shape index (κ3) is 5.47. The van der Waals surface area contributed by atoms with Crippen molar-refractivity contribution in [3.05, 3.63) is 93.7 Å². The fourth-order valence-electron chi connectivity index (χ4n) is 4.25. The molecule has 0 saturated carbocycles. The monoisotopic (exact) mass is 490 g/mol. The van der Waals surface area contributed by atoms with Crippen molar-refractivity contribution in [2.45, 2.75) is 26.5 Å². The van der Waals surface area contributed by atoms with E-state index in [1.54, 1.807) is 29.2 Å². The van der Waals surface area contributed by atoms with Gasteiger partial charge in [-0.05, 0) is 54.4 Å². The maximum atomic E-state index is 13.1. The van der Waals surface area contributed by atoms with Crippen LogP contribution < -0.4 is 4.74 Å². The minimum Gasteiger partial charge on any atom is -0.507 e. The van der Waals surface area contributed by atoms with Gasteiger partial charge in [0, 0.05) is 23.5 Å². The number of aliphatic hydroxyl groups is 1. The molecule has 2 aromatic carbocycles. The van der Waals surface area contributed by atoms with Crippen LogP contribution in [0.25, 0.3) is 5.76 Å². The minimum atomic E-state index is -0.648. The van der Waals surface area contributed by atoms with Crippen LogP contribution in [0.15, 0.2) is 77.7 Å². The van der Waals surface area contributed by atoms with Gasteiger partial charge in [0.05, 0.1) is 11.6 Å². The molecule has 1 aliphatic heterocycles. The highest BCUT2D eigenvalue weighted by Gasteiger charge is 2.46. The predicted molar refractivity (Wildman–Crippen MR) is 138 cm³/mol. The highest BCUT2D eigenvalue weighted by Crippen LogP contribution is 2.41. The number of Topliss-reactive ketones (excluding diaryl/α,β-unsaturated/α-hetero) is 1. The number of hydrogen-bond donors (Lipinski definition) is 1. The molecule has 0 radical (unpaired) electrons. The molecular formula is C28H30N2O4S. The van der Waals surface area contributed by atoms with Crippen LogP contribution in [0.4, 0.5) is 0 Å². The van der Waals surface area contributed by atoms with Gasteiger partial charge in [0.25, 0.3) is 11.7 Å². The van der Waals surface area contributed by atoms with Crippen molar-refractivity contribution in [2.75, 3.05) is 26.2 Å². The number of benzene rings is 2. The first-order chi connectivity index (χ1) is 17.0. The molecule has 7 heteroatoms. The van der Waals surface area contributed by atoms with Crippen LogP contribution in [-0.4, -0.2) is 52.8 Å². The summed E-state index contributed by atoms with van der Waals surface area (Å²) < 4.78 is 5.83. The van der Waals surface area contributed by atoms with E-state index in [0.717, 1.165) is 23.5 Å². The Morgan fingerprint density at radius 2 is 1.71 bits per heavy atom. The fraction of sp³-hybridized carbons (Fsp3) is 0.286. The highest BCUT2D eigenvalue weighted by atomic mass is 32.1. The first-order valence-electron chi connectivity index (χ1n) is 11.8. The second-order valence-electron chi connectivity index (χ2n) is 8.33. The smallest absolute Gasteiger partial charge is 0.295 e. The van der Waals surface area contributed by atoms with E-state index in [1.807, 2.05) is 47.8 Å². The molecule has 182 valence electrons. The second-order valence-corrected chi connectivity index (χ2v) is 9.31. The van der Waals surface area contributed by atoms with Crippen molar-refractivity contribution >= 4 is 28.8 Å². The molecule has 1 aromatic heterocycles. The Labute approximate surface area is 210 Å². The van der Waals surface area contributed by atoms with E-state index in [1.165, 1.54) is 11.3 Å². The van der Waals surface area contributed by atoms with E-state index in [-0.39, 0.29) is 11.3 Å². The summed E-state index contributed by atoms with van der Waals surface area (Å²) >= 11 is 1.47. The molecule has 35 heavy (non-hydrogen) atoms. The molecule has 4 rings (SSSR count). The van der Waals surface area contributed by atoms with Gasteiger partial charge in [0.15, 0.2) is 0 Å². The van der Waals surface area contributed by atoms with E-state index >= 15 is 0 Å². The van der Waals surface area contributed by atoms with Crippen LogP contribution in [0.3, 0.4) is 0 Å². The Morgan fingerprint density at radius 3 is 2.34 bits per heavy atom. The molecule has 1 amide bonds. The number of nitrogens with zero attached hydrogens (tertiary/aromatic N) is 2. The zero-order valence-electron chi connectivity index (χ0n) is 20.0. The van der Waals surface area contributed by atoms with Gasteiger partial charge in [-0.1, -0.05) is 50.2 Å². The number of thiophene rings is 1. The van der Waals surface area contributed by atoms with Crippen LogP contribution in [0.1, 0.15) is 35.9 Å². The highest BCUT2D eigenvalue weighted by molar-refractivity contribution is 7.10. The standard InChI is InChI=1S/C28H30N2O4S/c1-3-29(4-2)16-17-30-25(23-11-8-18-35-23)24(27(32)28(30)33)26(31)21-12-14-22(15-13-21)34-19-20-9-6-5-7-10-20/h5-15,18,25,31H,3-4,16-17,19H2,1-2H3/b26-24+/t25-/m1/s1. The third-order valence-corrected chi connectivity index (χ3v) is 7.21. The summed E-state index contributed by atoms with van der Waals surface area (Å²) in [5.41, 5.74) is 1.66. The molecule has 1 saturated heterocycles. The third-order valence-electron chi connectivity index (χ3n) is 6.28. The van der Waals surface area contributed by atoms with Gasteiger partial charge in [0.1, 0.15) is 18.1 Å². The summed E-state index contributed by atoms with van der Waals surface area (Å²) in [5, 5.41) is 13.1. The van der Waals surface area contributed by atoms with E-state index in [2.05, 4.69) is 18.7 Å². The Kier molecular flexibility index (Phi) is 8.00. The van der Waals surface area contributed by atoms with E-state index in [4.69, 9.17) is 4.74 Å². The molecule has 1 fully saturated rings. The average molecular weight is 491 g/mol. The molecule has 1 aliphatic rings. The zero-order chi connectivity index (χ0) is 24.8. The van der Waals surface area contributed by atoms with Gasteiger partial charge in [-0.3, -0.25) is 9.59 Å². The number of rotatable bonds is 10. The molecule has 2 heterocycles. The fourth-order valence-corrected chi connectivity index (χ4v) is 5.09. The summed E-state index contributed by atoms with van der Waals surface area (Å²) in [6, 6.07) is 20.0. The number of carbonyl (C=O) groups excluding carboxylic acids is 2. The van der Waals surface area contributed by atoms with Gasteiger partial charge in [-0.15, -0.1) is 11.3 Å². The number of ether oxygens (including phenoxy) is 1. The molecule has 0 unspecified atom stereocenters. The minimum absolute atomic E-state index is 0.134. The number of likely N-dealkylation sites (N-methyl/N-ethyl adjacent to an activating group) is 1. The summed E-state index contributed by atoms with van der Waals surface area (Å²) in [7, 11) is 0. The number of carbonyl (C=O) groups is 2. The van der Waals surface area contributed by atoms with Gasteiger partial charge in [-0.25, -0.2) is 0 Å². The van der Waals surface area contributed by atoms with Gasteiger partial charge < -0.3 is 19.6 Å². The largest absolute Gasteiger partial charge is 0.507 e. The Bertz CT molecular complexity index is 1170. The molecule has 6 nitrogen and oxygen atoms in total. The lowest BCUT2D eigenvalue weighted by molar-refractivity contribution is -0.140. The maximum Gasteiger partial charge on any atom is 0.295 e. The van der Waals surface area contributed by atoms with Crippen LogP contribution >= 0.6 is 11.3 Å². The van der Waals surface area contributed by atoms with Crippen molar-refractivity contribution in [1.29, 1.82) is 0 Å². The number of amides is 1. The van der Waals surface area contributed by atoms with Crippen molar-refractivity contribution in [1.82, 2.24) is 9.80 Å². The van der Waals surface area contributed by atoms with Crippen molar-refractivity contribution in [3.8, 4) is 5.75 Å². The van der Waals surface area contributed by atoms with E-state index < -0.39 is 17.7 Å². The molecule has 3 aromatic rings. The topological polar surface area (TPSA) is 70.1 Å². The predicted octanol–water partition coefficient (Wildman–Crippen LogP) is 5.09. The zero-order valence-corrected chi connectivity index (χ0v) is 20.8. The molecular weight excluding hydrogens is 460 g/mol. The summed E-state index contributed by atoms with van der Waals surface area (Å²) in [6.45, 7) is 7.38. The molecule has 0 bridgehead atoms. The molecule has 1 atom stereocenters.